The van der Waals surface area contributed by atoms with Crippen LogP contribution in [0.4, 0.5) is 4.39 Å². The van der Waals surface area contributed by atoms with E-state index in [2.05, 4.69) is 9.88 Å². The molecule has 1 fully saturated rings. The number of nitrogens with zero attached hydrogens (tertiary/aromatic N) is 2. The van der Waals surface area contributed by atoms with Crippen LogP contribution >= 0.6 is 11.6 Å². The van der Waals surface area contributed by atoms with Gasteiger partial charge in [-0.15, -0.1) is 0 Å². The van der Waals surface area contributed by atoms with Gasteiger partial charge in [0.05, 0.1) is 23.8 Å². The van der Waals surface area contributed by atoms with Crippen molar-refractivity contribution in [1.29, 1.82) is 0 Å². The van der Waals surface area contributed by atoms with Crippen LogP contribution in [0.1, 0.15) is 49.3 Å². The summed E-state index contributed by atoms with van der Waals surface area (Å²) in [4.78, 5) is 6.81. The van der Waals surface area contributed by atoms with Gasteiger partial charge in [-0.3, -0.25) is 4.98 Å². The number of aryl methyl sites for hydroxylation is 1. The van der Waals surface area contributed by atoms with Gasteiger partial charge in [0.15, 0.2) is 0 Å². The van der Waals surface area contributed by atoms with Crippen LogP contribution in [0.2, 0.25) is 5.02 Å². The van der Waals surface area contributed by atoms with E-state index in [9.17, 15) is 14.6 Å². The Kier molecular flexibility index (Phi) is 8.60. The van der Waals surface area contributed by atoms with E-state index < -0.39 is 6.10 Å². The summed E-state index contributed by atoms with van der Waals surface area (Å²) < 4.78 is 18.4. The molecule has 2 aromatic carbocycles. The number of aromatic nitrogens is 1. The van der Waals surface area contributed by atoms with E-state index in [0.29, 0.717) is 22.8 Å². The minimum atomic E-state index is -0.753. The van der Waals surface area contributed by atoms with Crippen molar-refractivity contribution < 1.29 is 19.3 Å². The lowest BCUT2D eigenvalue weighted by molar-refractivity contribution is 0.0234. The van der Waals surface area contributed by atoms with E-state index in [4.69, 9.17) is 16.3 Å². The average Bonchev–Trinajstić information content (AvgIpc) is 2.89. The molecule has 0 amide bonds. The second-order valence-corrected chi connectivity index (χ2v) is 10.1. The number of hydrogen-bond acceptors (Lipinski definition) is 5. The van der Waals surface area contributed by atoms with Crippen LogP contribution < -0.4 is 4.74 Å². The van der Waals surface area contributed by atoms with Crippen LogP contribution in [0, 0.1) is 11.2 Å². The number of benzene rings is 2. The first-order valence-corrected chi connectivity index (χ1v) is 12.7. The second kappa shape index (κ2) is 11.7. The molecule has 1 aliphatic heterocycles. The first-order chi connectivity index (χ1) is 16.9. The zero-order valence-electron chi connectivity index (χ0n) is 20.2. The summed E-state index contributed by atoms with van der Waals surface area (Å²) in [5, 5.41) is 22.6. The third-order valence-electron chi connectivity index (χ3n) is 7.45. The summed E-state index contributed by atoms with van der Waals surface area (Å²) >= 11 is 6.47. The third kappa shape index (κ3) is 6.31. The molecule has 7 heteroatoms. The second-order valence-electron chi connectivity index (χ2n) is 9.69. The molecule has 2 heterocycles. The van der Waals surface area contributed by atoms with Gasteiger partial charge in [0, 0.05) is 23.8 Å². The van der Waals surface area contributed by atoms with Crippen molar-refractivity contribution in [1.82, 2.24) is 9.88 Å². The highest BCUT2D eigenvalue weighted by Gasteiger charge is 2.34. The van der Waals surface area contributed by atoms with Crippen molar-refractivity contribution in [3.05, 3.63) is 70.6 Å². The minimum Gasteiger partial charge on any atom is -0.497 e. The van der Waals surface area contributed by atoms with Gasteiger partial charge in [0.2, 0.25) is 0 Å². The first-order valence-electron chi connectivity index (χ1n) is 12.3. The average molecular weight is 501 g/mol. The molecule has 188 valence electrons. The number of methoxy groups -OCH3 is 1. The van der Waals surface area contributed by atoms with Crippen molar-refractivity contribution in [3.8, 4) is 5.75 Å². The summed E-state index contributed by atoms with van der Waals surface area (Å²) in [6.45, 7) is 2.95. The molecule has 1 saturated heterocycles. The lowest BCUT2D eigenvalue weighted by Gasteiger charge is -2.41. The summed E-state index contributed by atoms with van der Waals surface area (Å²) in [6, 6.07) is 12.3. The summed E-state index contributed by atoms with van der Waals surface area (Å²) in [5.41, 5.74) is 2.39. The van der Waals surface area contributed by atoms with Crippen LogP contribution in [-0.2, 0) is 6.42 Å². The van der Waals surface area contributed by atoms with Gasteiger partial charge in [0.1, 0.15) is 11.6 Å². The zero-order chi connectivity index (χ0) is 24.8. The quantitative estimate of drug-likeness (QED) is 0.381. The molecular formula is C28H34ClFN2O3. The van der Waals surface area contributed by atoms with E-state index in [0.717, 1.165) is 68.2 Å². The number of halogens is 2. The summed E-state index contributed by atoms with van der Waals surface area (Å²) in [6.07, 6.45) is 5.81. The Morgan fingerprint density at radius 3 is 2.60 bits per heavy atom. The molecule has 1 atom stereocenters. The zero-order valence-corrected chi connectivity index (χ0v) is 21.0. The number of aliphatic hydroxyl groups is 2. The summed E-state index contributed by atoms with van der Waals surface area (Å²) in [5.74, 6) is 0.489. The Hall–Kier alpha value is -2.25. The topological polar surface area (TPSA) is 65.8 Å². The molecule has 1 aromatic heterocycles. The van der Waals surface area contributed by atoms with E-state index >= 15 is 0 Å². The molecule has 1 aliphatic rings. The lowest BCUT2D eigenvalue weighted by Crippen LogP contribution is -2.42. The molecule has 4 rings (SSSR count). The molecule has 3 aromatic rings. The molecular weight excluding hydrogens is 467 g/mol. The molecule has 0 unspecified atom stereocenters. The number of ether oxygens (including phenoxy) is 1. The number of rotatable bonds is 10. The van der Waals surface area contributed by atoms with Crippen LogP contribution in [-0.4, -0.2) is 53.4 Å². The number of aliphatic hydroxyl groups excluding tert-OH is 2. The van der Waals surface area contributed by atoms with Crippen LogP contribution in [0.25, 0.3) is 10.9 Å². The maximum Gasteiger partial charge on any atom is 0.123 e. The van der Waals surface area contributed by atoms with Gasteiger partial charge in [-0.25, -0.2) is 4.39 Å². The van der Waals surface area contributed by atoms with Gasteiger partial charge < -0.3 is 19.8 Å². The normalized spacial score (nSPS) is 16.9. The Bertz CT molecular complexity index is 1120. The number of pyridine rings is 1. The fourth-order valence-corrected chi connectivity index (χ4v) is 5.39. The maximum absolute atomic E-state index is 13.1. The Labute approximate surface area is 211 Å². The van der Waals surface area contributed by atoms with Crippen molar-refractivity contribution >= 4 is 22.5 Å². The number of hydrogen-bond donors (Lipinski definition) is 2. The Morgan fingerprint density at radius 1 is 1.17 bits per heavy atom. The number of piperidine rings is 1. The standard InChI is InChI=1S/C28H34ClFN2O3/c1-35-22-8-9-25-23(17-22)27(24(29)18-31-25)26(34)10-11-28(19-33)12-15-32(16-13-28)14-2-3-20-4-6-21(30)7-5-20/h4-9,17-18,26,33-34H,2-3,10-16,19H2,1H3/t26-/m0/s1. The lowest BCUT2D eigenvalue weighted by atomic mass is 9.74. The Balaban J connectivity index is 1.33. The highest BCUT2D eigenvalue weighted by molar-refractivity contribution is 6.32. The van der Waals surface area contributed by atoms with Crippen LogP contribution in [0.15, 0.2) is 48.7 Å². The van der Waals surface area contributed by atoms with Crippen LogP contribution in [0.5, 0.6) is 5.75 Å². The van der Waals surface area contributed by atoms with Gasteiger partial charge >= 0.3 is 0 Å². The van der Waals surface area contributed by atoms with Crippen molar-refractivity contribution in [2.45, 2.75) is 44.6 Å². The summed E-state index contributed by atoms with van der Waals surface area (Å²) in [7, 11) is 1.61. The molecule has 35 heavy (non-hydrogen) atoms. The van der Waals surface area contributed by atoms with E-state index in [1.165, 1.54) is 12.1 Å². The molecule has 2 N–H and O–H groups in total. The van der Waals surface area contributed by atoms with Crippen LogP contribution in [0.3, 0.4) is 0 Å². The van der Waals surface area contributed by atoms with E-state index in [-0.39, 0.29) is 17.8 Å². The number of fused-ring (bicyclic) bond motifs is 1. The van der Waals surface area contributed by atoms with Gasteiger partial charge in [-0.1, -0.05) is 23.7 Å². The fraction of sp³-hybridized carbons (Fsp3) is 0.464. The van der Waals surface area contributed by atoms with Crippen molar-refractivity contribution in [2.24, 2.45) is 5.41 Å². The predicted octanol–water partition coefficient (Wildman–Crippen LogP) is 5.56. The Morgan fingerprint density at radius 2 is 1.91 bits per heavy atom. The van der Waals surface area contributed by atoms with E-state index in [1.54, 1.807) is 13.3 Å². The largest absolute Gasteiger partial charge is 0.497 e. The molecule has 5 nitrogen and oxygen atoms in total. The van der Waals surface area contributed by atoms with E-state index in [1.807, 2.05) is 30.3 Å². The molecule has 0 bridgehead atoms. The maximum atomic E-state index is 13.1. The molecule has 0 radical (unpaired) electrons. The minimum absolute atomic E-state index is 0.113. The monoisotopic (exact) mass is 500 g/mol. The van der Waals surface area contributed by atoms with Crippen molar-refractivity contribution in [2.75, 3.05) is 33.4 Å². The molecule has 0 aliphatic carbocycles. The SMILES string of the molecule is COc1ccc2ncc(Cl)c([C@@H](O)CCC3(CO)CCN(CCCc4ccc(F)cc4)CC3)c2c1. The highest BCUT2D eigenvalue weighted by Crippen LogP contribution is 2.40. The highest BCUT2D eigenvalue weighted by atomic mass is 35.5. The van der Waals surface area contributed by atoms with Gasteiger partial charge in [-0.2, -0.15) is 0 Å². The third-order valence-corrected chi connectivity index (χ3v) is 7.76. The first kappa shape index (κ1) is 25.8. The molecule has 0 spiro atoms. The predicted molar refractivity (Wildman–Crippen MR) is 137 cm³/mol. The molecule has 0 saturated carbocycles. The van der Waals surface area contributed by atoms with Crippen molar-refractivity contribution in [3.63, 3.8) is 0 Å². The number of likely N-dealkylation sites (tertiary alicyclic amines) is 1. The van der Waals surface area contributed by atoms with Gasteiger partial charge in [-0.05, 0) is 99.5 Å². The fourth-order valence-electron chi connectivity index (χ4n) is 5.12. The van der Waals surface area contributed by atoms with Gasteiger partial charge in [0.25, 0.3) is 0 Å². The smallest absolute Gasteiger partial charge is 0.123 e.